The summed E-state index contributed by atoms with van der Waals surface area (Å²) >= 11 is 0. The zero-order valence-corrected chi connectivity index (χ0v) is 21.4. The van der Waals surface area contributed by atoms with Crippen molar-refractivity contribution in [3.63, 3.8) is 0 Å². The molecule has 4 aromatic carbocycles. The Morgan fingerprint density at radius 2 is 1.39 bits per heavy atom. The number of hydrogen-bond acceptors (Lipinski definition) is 0. The lowest BCUT2D eigenvalue weighted by molar-refractivity contribution is 1.37. The molecule has 0 aromatic heterocycles. The van der Waals surface area contributed by atoms with Crippen molar-refractivity contribution in [3.8, 4) is 45.2 Å². The van der Waals surface area contributed by atoms with Crippen LogP contribution in [-0.4, -0.2) is 0 Å². The first-order valence-corrected chi connectivity index (χ1v) is 12.8. The van der Waals surface area contributed by atoms with Crippen molar-refractivity contribution in [2.24, 2.45) is 0 Å². The van der Waals surface area contributed by atoms with E-state index in [1.54, 1.807) is 0 Å². The summed E-state index contributed by atoms with van der Waals surface area (Å²) in [5.74, 6) is 6.47. The number of aryl methyl sites for hydroxylation is 1. The van der Waals surface area contributed by atoms with Gasteiger partial charge in [0.05, 0.1) is 0 Å². The minimum atomic E-state index is 0.778. The molecule has 0 radical (unpaired) electrons. The van der Waals surface area contributed by atoms with E-state index in [9.17, 15) is 0 Å². The van der Waals surface area contributed by atoms with Crippen LogP contribution >= 0.6 is 0 Å². The number of benzene rings is 4. The molecule has 0 heteroatoms. The minimum Gasteiger partial charge on any atom is -0.0944 e. The Kier molecular flexibility index (Phi) is 7.01. The Hall–Kier alpha value is -4.08. The fourth-order valence-corrected chi connectivity index (χ4v) is 4.61. The predicted octanol–water partition coefficient (Wildman–Crippen LogP) is 9.82. The molecule has 1 aliphatic rings. The summed E-state index contributed by atoms with van der Waals surface area (Å²) in [7, 11) is 0. The van der Waals surface area contributed by atoms with Gasteiger partial charge in [-0.2, -0.15) is 0 Å². The Morgan fingerprint density at radius 1 is 0.722 bits per heavy atom. The van der Waals surface area contributed by atoms with Crippen molar-refractivity contribution in [2.45, 2.75) is 40.0 Å². The first-order valence-electron chi connectivity index (χ1n) is 12.8. The van der Waals surface area contributed by atoms with Gasteiger partial charge in [-0.15, -0.1) is 0 Å². The molecule has 4 aromatic rings. The molecule has 0 heterocycles. The summed E-state index contributed by atoms with van der Waals surface area (Å²) in [5.41, 5.74) is 14.1. The highest BCUT2D eigenvalue weighted by molar-refractivity contribution is 5.84. The van der Waals surface area contributed by atoms with Crippen LogP contribution in [0.2, 0.25) is 0 Å². The average molecular weight is 465 g/mol. The third-order valence-corrected chi connectivity index (χ3v) is 6.92. The summed E-state index contributed by atoms with van der Waals surface area (Å²) in [6.45, 7) is 6.58. The second kappa shape index (κ2) is 10.7. The average Bonchev–Trinajstić information content (AvgIpc) is 3.74. The van der Waals surface area contributed by atoms with E-state index in [-0.39, 0.29) is 0 Å². The molecule has 0 amide bonds. The molecule has 0 nitrogen and oxygen atoms in total. The first kappa shape index (κ1) is 23.7. The van der Waals surface area contributed by atoms with Crippen LogP contribution in [0.5, 0.6) is 0 Å². The minimum absolute atomic E-state index is 0.778. The molecule has 0 spiro atoms. The van der Waals surface area contributed by atoms with Crippen molar-refractivity contribution in [1.29, 1.82) is 0 Å². The SMILES string of the molecule is C/C(=C\CC#CC=C1CC1)c1cccc(-c2cc(-c3ccccc3)cc(-c3ccc(C)cc3)c2)c1C. The van der Waals surface area contributed by atoms with Crippen LogP contribution in [0.15, 0.2) is 109 Å². The Bertz CT molecular complexity index is 1490. The molecule has 0 bridgehead atoms. The Labute approximate surface area is 216 Å². The zero-order valence-electron chi connectivity index (χ0n) is 21.4. The molecule has 0 N–H and O–H groups in total. The molecule has 1 aliphatic carbocycles. The fourth-order valence-electron chi connectivity index (χ4n) is 4.61. The van der Waals surface area contributed by atoms with E-state index in [0.717, 1.165) is 6.42 Å². The Balaban J connectivity index is 1.55. The maximum atomic E-state index is 3.28. The van der Waals surface area contributed by atoms with Crippen LogP contribution < -0.4 is 0 Å². The fraction of sp³-hybridized carbons (Fsp3) is 0.167. The van der Waals surface area contributed by atoms with E-state index in [0.29, 0.717) is 0 Å². The summed E-state index contributed by atoms with van der Waals surface area (Å²) in [6, 6.07) is 33.1. The standard InChI is InChI=1S/C36H32/c1-26-17-21-31(22-18-26)33-23-32(30-13-8-5-9-14-30)24-34(25-33)36-16-10-15-35(28(36)3)27(2)11-6-4-7-12-29-19-20-29/h5,8-18,21-25H,6,19-20H2,1-3H3/b27-11+. The van der Waals surface area contributed by atoms with Gasteiger partial charge in [0, 0.05) is 6.42 Å². The van der Waals surface area contributed by atoms with E-state index >= 15 is 0 Å². The summed E-state index contributed by atoms with van der Waals surface area (Å²) in [4.78, 5) is 0. The smallest absolute Gasteiger partial charge is 0.0279 e. The molecular weight excluding hydrogens is 432 g/mol. The molecule has 0 unspecified atom stereocenters. The quantitative estimate of drug-likeness (QED) is 0.258. The lowest BCUT2D eigenvalue weighted by Gasteiger charge is -2.15. The molecule has 176 valence electrons. The first-order chi connectivity index (χ1) is 17.6. The summed E-state index contributed by atoms with van der Waals surface area (Å²) in [5, 5.41) is 0. The number of hydrogen-bond donors (Lipinski definition) is 0. The van der Waals surface area contributed by atoms with Gasteiger partial charge in [0.1, 0.15) is 0 Å². The molecule has 0 atom stereocenters. The van der Waals surface area contributed by atoms with Crippen LogP contribution in [0.4, 0.5) is 0 Å². The van der Waals surface area contributed by atoms with Gasteiger partial charge in [-0.05, 0) is 108 Å². The van der Waals surface area contributed by atoms with Crippen molar-refractivity contribution < 1.29 is 0 Å². The third kappa shape index (κ3) is 5.59. The van der Waals surface area contributed by atoms with Gasteiger partial charge in [-0.25, -0.2) is 0 Å². The van der Waals surface area contributed by atoms with Crippen LogP contribution in [0, 0.1) is 25.7 Å². The molecule has 5 rings (SSSR count). The zero-order chi connectivity index (χ0) is 24.9. The molecule has 36 heavy (non-hydrogen) atoms. The number of allylic oxidation sites excluding steroid dienone is 4. The van der Waals surface area contributed by atoms with Crippen molar-refractivity contribution in [1.82, 2.24) is 0 Å². The van der Waals surface area contributed by atoms with Gasteiger partial charge in [-0.1, -0.05) is 102 Å². The molecule has 0 saturated heterocycles. The van der Waals surface area contributed by atoms with E-state index in [1.807, 2.05) is 0 Å². The van der Waals surface area contributed by atoms with Gasteiger partial charge in [0.15, 0.2) is 0 Å². The summed E-state index contributed by atoms with van der Waals surface area (Å²) in [6.07, 6.45) is 7.57. The third-order valence-electron chi connectivity index (χ3n) is 6.92. The van der Waals surface area contributed by atoms with E-state index in [2.05, 4.69) is 136 Å². The highest BCUT2D eigenvalue weighted by atomic mass is 14.2. The van der Waals surface area contributed by atoms with E-state index in [1.165, 1.54) is 74.1 Å². The number of rotatable bonds is 5. The molecular formula is C36H32. The second-order valence-electron chi connectivity index (χ2n) is 9.72. The van der Waals surface area contributed by atoms with Gasteiger partial charge in [-0.3, -0.25) is 0 Å². The van der Waals surface area contributed by atoms with E-state index in [4.69, 9.17) is 0 Å². The highest BCUT2D eigenvalue weighted by Gasteiger charge is 2.12. The molecule has 1 fully saturated rings. The monoisotopic (exact) mass is 464 g/mol. The molecule has 0 aliphatic heterocycles. The van der Waals surface area contributed by atoms with Crippen molar-refractivity contribution >= 4 is 5.57 Å². The predicted molar refractivity (Wildman–Crippen MR) is 156 cm³/mol. The second-order valence-corrected chi connectivity index (χ2v) is 9.72. The van der Waals surface area contributed by atoms with Crippen molar-refractivity contribution in [2.75, 3.05) is 0 Å². The highest BCUT2D eigenvalue weighted by Crippen LogP contribution is 2.36. The van der Waals surface area contributed by atoms with Crippen molar-refractivity contribution in [3.05, 3.63) is 125 Å². The van der Waals surface area contributed by atoms with Crippen LogP contribution in [-0.2, 0) is 0 Å². The topological polar surface area (TPSA) is 0 Å². The van der Waals surface area contributed by atoms with Crippen LogP contribution in [0.3, 0.4) is 0 Å². The van der Waals surface area contributed by atoms with Gasteiger partial charge in [0.2, 0.25) is 0 Å². The largest absolute Gasteiger partial charge is 0.0944 e. The van der Waals surface area contributed by atoms with Crippen LogP contribution in [0.1, 0.15) is 42.9 Å². The lowest BCUT2D eigenvalue weighted by Crippen LogP contribution is -1.92. The van der Waals surface area contributed by atoms with Gasteiger partial charge in [0.25, 0.3) is 0 Å². The van der Waals surface area contributed by atoms with Crippen LogP contribution in [0.25, 0.3) is 39.0 Å². The summed E-state index contributed by atoms with van der Waals surface area (Å²) < 4.78 is 0. The normalized spacial score (nSPS) is 12.6. The molecule has 1 saturated carbocycles. The Morgan fingerprint density at radius 3 is 2.08 bits per heavy atom. The maximum Gasteiger partial charge on any atom is 0.0279 e. The van der Waals surface area contributed by atoms with Gasteiger partial charge < -0.3 is 0 Å². The van der Waals surface area contributed by atoms with E-state index < -0.39 is 0 Å². The van der Waals surface area contributed by atoms with Gasteiger partial charge >= 0.3 is 0 Å². The maximum absolute atomic E-state index is 3.28. The lowest BCUT2D eigenvalue weighted by atomic mass is 9.89.